The van der Waals surface area contributed by atoms with Crippen molar-refractivity contribution in [1.82, 2.24) is 0 Å². The number of para-hydroxylation sites is 1. The lowest BCUT2D eigenvalue weighted by molar-refractivity contribution is 0.660. The Morgan fingerprint density at radius 1 is 0.453 bits per heavy atom. The summed E-state index contributed by atoms with van der Waals surface area (Å²) in [6.07, 6.45) is 14.3. The van der Waals surface area contributed by atoms with Crippen LogP contribution >= 0.6 is 0 Å². The van der Waals surface area contributed by atoms with Crippen molar-refractivity contribution < 1.29 is 0 Å². The third-order valence-corrected chi connectivity index (χ3v) is 12.9. The van der Waals surface area contributed by atoms with E-state index in [4.69, 9.17) is 0 Å². The predicted octanol–water partition coefficient (Wildman–Crippen LogP) is 13.7. The molecule has 0 radical (unpaired) electrons. The number of allylic oxidation sites excluding steroid dienone is 8. The maximum Gasteiger partial charge on any atom is 0.0718 e. The average Bonchev–Trinajstić information content (AvgIpc) is 3.77. The van der Waals surface area contributed by atoms with E-state index in [0.717, 1.165) is 25.7 Å². The lowest BCUT2D eigenvalue weighted by atomic mass is 9.67. The van der Waals surface area contributed by atoms with Gasteiger partial charge >= 0.3 is 0 Å². The van der Waals surface area contributed by atoms with Crippen molar-refractivity contribution >= 4 is 17.1 Å². The molecule has 0 fully saturated rings. The van der Waals surface area contributed by atoms with E-state index >= 15 is 0 Å². The van der Waals surface area contributed by atoms with E-state index in [0.29, 0.717) is 0 Å². The molecule has 0 aromatic heterocycles. The summed E-state index contributed by atoms with van der Waals surface area (Å²) in [6.45, 7) is 4.75. The van der Waals surface area contributed by atoms with Crippen LogP contribution in [-0.2, 0) is 10.8 Å². The van der Waals surface area contributed by atoms with E-state index in [1.54, 1.807) is 11.1 Å². The predicted molar refractivity (Wildman–Crippen MR) is 221 cm³/mol. The number of hydrogen-bond acceptors (Lipinski definition) is 1. The molecule has 1 heteroatoms. The molecule has 0 aliphatic heterocycles. The van der Waals surface area contributed by atoms with Crippen LogP contribution in [0.4, 0.5) is 17.1 Å². The lowest BCUT2D eigenvalue weighted by Gasteiger charge is -2.34. The summed E-state index contributed by atoms with van der Waals surface area (Å²) in [5, 5.41) is 0. The molecule has 11 rings (SSSR count). The van der Waals surface area contributed by atoms with Gasteiger partial charge in [0.1, 0.15) is 0 Å². The Hall–Kier alpha value is -5.92. The Bertz CT molecular complexity index is 2600. The third-order valence-electron chi connectivity index (χ3n) is 12.9. The minimum atomic E-state index is -0.265. The molecular weight excluding hydrogens is 639 g/mol. The summed E-state index contributed by atoms with van der Waals surface area (Å²) in [6, 6.07) is 52.5. The van der Waals surface area contributed by atoms with Gasteiger partial charge in [-0.05, 0) is 128 Å². The maximum absolute atomic E-state index is 2.51. The molecule has 1 nitrogen and oxygen atoms in total. The van der Waals surface area contributed by atoms with E-state index in [-0.39, 0.29) is 10.8 Å². The van der Waals surface area contributed by atoms with Crippen LogP contribution in [0.5, 0.6) is 0 Å². The summed E-state index contributed by atoms with van der Waals surface area (Å²) >= 11 is 0. The van der Waals surface area contributed by atoms with Crippen molar-refractivity contribution in [2.45, 2.75) is 50.4 Å². The summed E-state index contributed by atoms with van der Waals surface area (Å²) in [4.78, 5) is 2.51. The van der Waals surface area contributed by atoms with Gasteiger partial charge in [-0.15, -0.1) is 0 Å². The average molecular weight is 680 g/mol. The fraction of sp³-hybridized carbons (Fsp3) is 0.154. The Labute approximate surface area is 313 Å². The molecule has 0 atom stereocenters. The molecule has 0 N–H and O–H groups in total. The molecule has 5 aliphatic carbocycles. The van der Waals surface area contributed by atoms with Crippen LogP contribution in [0.15, 0.2) is 186 Å². The van der Waals surface area contributed by atoms with Crippen LogP contribution in [0.25, 0.3) is 33.4 Å². The van der Waals surface area contributed by atoms with E-state index in [1.165, 1.54) is 83.8 Å². The second kappa shape index (κ2) is 11.3. The first-order chi connectivity index (χ1) is 26.1. The normalized spacial score (nSPS) is 17.7. The van der Waals surface area contributed by atoms with Crippen LogP contribution < -0.4 is 4.90 Å². The van der Waals surface area contributed by atoms with Gasteiger partial charge in [0, 0.05) is 22.4 Å². The van der Waals surface area contributed by atoms with Crippen molar-refractivity contribution in [3.63, 3.8) is 0 Å². The minimum absolute atomic E-state index is 0.101. The first kappa shape index (κ1) is 30.7. The number of anilines is 3. The van der Waals surface area contributed by atoms with E-state index in [2.05, 4.69) is 183 Å². The van der Waals surface area contributed by atoms with Crippen molar-refractivity contribution in [2.24, 2.45) is 0 Å². The Morgan fingerprint density at radius 3 is 1.74 bits per heavy atom. The van der Waals surface area contributed by atoms with Crippen molar-refractivity contribution in [3.8, 4) is 33.4 Å². The van der Waals surface area contributed by atoms with Gasteiger partial charge in [0.2, 0.25) is 0 Å². The molecule has 0 amide bonds. The summed E-state index contributed by atoms with van der Waals surface area (Å²) in [5.74, 6) is 0. The quantitative estimate of drug-likeness (QED) is 0.179. The summed E-state index contributed by atoms with van der Waals surface area (Å²) < 4.78 is 0. The smallest absolute Gasteiger partial charge is 0.0718 e. The van der Waals surface area contributed by atoms with Gasteiger partial charge in [0.15, 0.2) is 0 Å². The van der Waals surface area contributed by atoms with E-state index in [1.807, 2.05) is 0 Å². The van der Waals surface area contributed by atoms with Gasteiger partial charge < -0.3 is 4.90 Å². The molecular formula is C52H41N. The molecule has 1 spiro atoms. The van der Waals surface area contributed by atoms with Gasteiger partial charge in [-0.25, -0.2) is 0 Å². The maximum atomic E-state index is 2.51. The van der Waals surface area contributed by atoms with Crippen LogP contribution in [0, 0.1) is 0 Å². The number of hydrogen-bond donors (Lipinski definition) is 0. The van der Waals surface area contributed by atoms with E-state index < -0.39 is 0 Å². The van der Waals surface area contributed by atoms with Gasteiger partial charge in [-0.3, -0.25) is 0 Å². The van der Waals surface area contributed by atoms with Crippen molar-refractivity contribution in [2.75, 3.05) is 4.90 Å². The lowest BCUT2D eigenvalue weighted by Crippen LogP contribution is -2.28. The Balaban J connectivity index is 1.16. The molecule has 0 unspecified atom stereocenters. The molecule has 0 bridgehead atoms. The van der Waals surface area contributed by atoms with Crippen molar-refractivity contribution in [3.05, 3.63) is 208 Å². The molecule has 6 aromatic carbocycles. The molecule has 5 aliphatic rings. The molecule has 0 saturated carbocycles. The molecule has 0 saturated heterocycles. The minimum Gasteiger partial charge on any atom is -0.310 e. The molecule has 6 aromatic rings. The fourth-order valence-corrected chi connectivity index (χ4v) is 10.6. The fourth-order valence-electron chi connectivity index (χ4n) is 10.6. The van der Waals surface area contributed by atoms with Crippen LogP contribution in [0.1, 0.15) is 61.8 Å². The first-order valence-electron chi connectivity index (χ1n) is 19.3. The van der Waals surface area contributed by atoms with Crippen LogP contribution in [0.2, 0.25) is 0 Å². The standard InChI is InChI=1S/C52H41N/c1-51(2)44-23-11-6-19-38(44)42-30-28-36(33-49(42)51)53(50-27-15-10-18-37(50)34-16-4-3-5-17-34)35-29-31-48-43(32-35)41-22-9-14-26-47(41)52(48)45-24-12-7-20-39(45)40-21-8-13-25-46(40)52/h3-6,9-19,22-33H,7-8,20-21H2,1-2H3. The topological polar surface area (TPSA) is 3.24 Å². The number of rotatable bonds is 4. The number of benzene rings is 6. The molecule has 53 heavy (non-hydrogen) atoms. The van der Waals surface area contributed by atoms with Gasteiger partial charge in [-0.1, -0.05) is 147 Å². The Morgan fingerprint density at radius 2 is 1.00 bits per heavy atom. The molecule has 254 valence electrons. The number of fused-ring (bicyclic) bond motifs is 11. The zero-order valence-corrected chi connectivity index (χ0v) is 30.4. The Kier molecular flexibility index (Phi) is 6.54. The highest BCUT2D eigenvalue weighted by Crippen LogP contribution is 2.64. The van der Waals surface area contributed by atoms with Crippen molar-refractivity contribution in [1.29, 1.82) is 0 Å². The number of nitrogens with zero attached hydrogens (tertiary/aromatic N) is 1. The monoisotopic (exact) mass is 679 g/mol. The molecule has 0 heterocycles. The largest absolute Gasteiger partial charge is 0.310 e. The zero-order valence-electron chi connectivity index (χ0n) is 30.4. The highest BCUT2D eigenvalue weighted by Gasteiger charge is 2.53. The first-order valence-corrected chi connectivity index (χ1v) is 19.3. The highest BCUT2D eigenvalue weighted by molar-refractivity contribution is 5.95. The van der Waals surface area contributed by atoms with Gasteiger partial charge in [0.05, 0.1) is 11.1 Å². The summed E-state index contributed by atoms with van der Waals surface area (Å²) in [7, 11) is 0. The van der Waals surface area contributed by atoms with Crippen LogP contribution in [-0.4, -0.2) is 0 Å². The van der Waals surface area contributed by atoms with Crippen LogP contribution in [0.3, 0.4) is 0 Å². The summed E-state index contributed by atoms with van der Waals surface area (Å²) in [5.41, 5.74) is 22.8. The zero-order chi connectivity index (χ0) is 35.3. The second-order valence-corrected chi connectivity index (χ2v) is 15.8. The van der Waals surface area contributed by atoms with Gasteiger partial charge in [-0.2, -0.15) is 0 Å². The van der Waals surface area contributed by atoms with E-state index in [9.17, 15) is 0 Å². The SMILES string of the molecule is CC1(C)c2ccccc2-c2ccc(N(c3ccc4c(c3)-c3ccccc3C43C4=C(CCC=C4)C4=C3C=CCC4)c3ccccc3-c3ccccc3)cc21. The van der Waals surface area contributed by atoms with Gasteiger partial charge in [0.25, 0.3) is 0 Å². The highest BCUT2D eigenvalue weighted by atomic mass is 15.1. The third kappa shape index (κ3) is 4.14. The second-order valence-electron chi connectivity index (χ2n) is 15.8.